The van der Waals surface area contributed by atoms with Crippen LogP contribution in [0.3, 0.4) is 0 Å². The lowest BCUT2D eigenvalue weighted by molar-refractivity contribution is -0.277. The first-order valence-corrected chi connectivity index (χ1v) is 12.2. The topological polar surface area (TPSA) is 164 Å². The standard InChI is InChI=1S/C24H39NO11/c1-15(26)25-21-23(35-18(4)29)22(34-17(3)28)19(14-33-16(2)27)36-24(21)32-13-11-9-7-5-6-8-10-12-20(30)31/h19,21-24H,5-14H2,1-4H3,(H,25,26)(H,30,31)/t19-,21-,22+,23-,24-/m1/s1. The molecule has 0 spiro atoms. The number of ether oxygens (including phenoxy) is 5. The minimum atomic E-state index is -1.15. The van der Waals surface area contributed by atoms with Gasteiger partial charge in [0.25, 0.3) is 0 Å². The lowest BCUT2D eigenvalue weighted by Crippen LogP contribution is -2.66. The molecule has 1 aliphatic rings. The largest absolute Gasteiger partial charge is 0.481 e. The maximum absolute atomic E-state index is 11.9. The zero-order chi connectivity index (χ0) is 27.1. The number of unbranched alkanes of at least 4 members (excludes halogenated alkanes) is 6. The molecule has 1 heterocycles. The number of hydrogen-bond acceptors (Lipinski definition) is 10. The van der Waals surface area contributed by atoms with Crippen molar-refractivity contribution in [3.05, 3.63) is 0 Å². The van der Waals surface area contributed by atoms with Crippen molar-refractivity contribution in [1.29, 1.82) is 0 Å². The first kappa shape index (κ1) is 31.3. The summed E-state index contributed by atoms with van der Waals surface area (Å²) in [6.07, 6.45) is 1.87. The Morgan fingerprint density at radius 3 is 1.86 bits per heavy atom. The Balaban J connectivity index is 2.79. The van der Waals surface area contributed by atoms with E-state index in [1.54, 1.807) is 0 Å². The average molecular weight is 518 g/mol. The smallest absolute Gasteiger partial charge is 0.303 e. The van der Waals surface area contributed by atoms with Crippen molar-refractivity contribution >= 4 is 29.8 Å². The Morgan fingerprint density at radius 2 is 1.33 bits per heavy atom. The molecule has 36 heavy (non-hydrogen) atoms. The molecule has 1 rings (SSSR count). The Labute approximate surface area is 211 Å². The van der Waals surface area contributed by atoms with Crippen LogP contribution in [-0.2, 0) is 47.7 Å². The predicted octanol–water partition coefficient (Wildman–Crippen LogP) is 1.86. The summed E-state index contributed by atoms with van der Waals surface area (Å²) in [5.41, 5.74) is 0. The fourth-order valence-corrected chi connectivity index (χ4v) is 3.89. The molecule has 5 atom stereocenters. The third-order valence-corrected chi connectivity index (χ3v) is 5.39. The van der Waals surface area contributed by atoms with Crippen molar-refractivity contribution in [3.63, 3.8) is 0 Å². The van der Waals surface area contributed by atoms with Crippen LogP contribution >= 0.6 is 0 Å². The highest BCUT2D eigenvalue weighted by atomic mass is 16.7. The summed E-state index contributed by atoms with van der Waals surface area (Å²) in [4.78, 5) is 57.4. The van der Waals surface area contributed by atoms with E-state index in [1.807, 2.05) is 0 Å². The number of rotatable bonds is 16. The number of carbonyl (C=O) groups excluding carboxylic acids is 4. The Bertz CT molecular complexity index is 742. The van der Waals surface area contributed by atoms with E-state index < -0.39 is 60.4 Å². The minimum Gasteiger partial charge on any atom is -0.481 e. The van der Waals surface area contributed by atoms with Crippen molar-refractivity contribution in [2.45, 2.75) is 110 Å². The van der Waals surface area contributed by atoms with E-state index in [-0.39, 0.29) is 19.6 Å². The SMILES string of the molecule is CC(=O)N[C@H]1[C@H](OCCCCCCCCCC(=O)O)O[C@H](COC(C)=O)[C@H](OC(C)=O)[C@@H]1OC(C)=O. The summed E-state index contributed by atoms with van der Waals surface area (Å²) in [7, 11) is 0. The van der Waals surface area contributed by atoms with E-state index in [0.717, 1.165) is 32.1 Å². The maximum atomic E-state index is 11.9. The van der Waals surface area contributed by atoms with Crippen LogP contribution in [0.1, 0.15) is 79.1 Å². The average Bonchev–Trinajstić information content (AvgIpc) is 2.76. The van der Waals surface area contributed by atoms with Gasteiger partial charge in [-0.05, 0) is 12.8 Å². The van der Waals surface area contributed by atoms with Crippen molar-refractivity contribution in [2.24, 2.45) is 0 Å². The normalized spacial score (nSPS) is 23.4. The third-order valence-electron chi connectivity index (χ3n) is 5.39. The number of carboxylic acid groups (broad SMARTS) is 1. The Kier molecular flexibility index (Phi) is 14.7. The van der Waals surface area contributed by atoms with Crippen molar-refractivity contribution in [1.82, 2.24) is 5.32 Å². The number of carboxylic acids is 1. The summed E-state index contributed by atoms with van der Waals surface area (Å²) in [6, 6.07) is -0.974. The van der Waals surface area contributed by atoms with Crippen LogP contribution in [0.5, 0.6) is 0 Å². The van der Waals surface area contributed by atoms with Gasteiger partial charge in [0.2, 0.25) is 5.91 Å². The molecule has 1 fully saturated rings. The molecule has 0 saturated carbocycles. The molecular formula is C24H39NO11. The summed E-state index contributed by atoms with van der Waals surface area (Å²) in [5.74, 6) is -3.12. The molecule has 12 heteroatoms. The summed E-state index contributed by atoms with van der Waals surface area (Å²) in [5, 5.41) is 11.3. The van der Waals surface area contributed by atoms with Gasteiger partial charge in [-0.25, -0.2) is 0 Å². The molecule has 206 valence electrons. The van der Waals surface area contributed by atoms with Crippen LogP contribution in [0.15, 0.2) is 0 Å². The molecule has 0 aromatic rings. The van der Waals surface area contributed by atoms with Crippen LogP contribution in [0.25, 0.3) is 0 Å². The molecule has 1 amide bonds. The second-order valence-corrected chi connectivity index (χ2v) is 8.71. The molecule has 0 aromatic carbocycles. The van der Waals surface area contributed by atoms with Gasteiger partial charge in [0.05, 0.1) is 0 Å². The minimum absolute atomic E-state index is 0.190. The molecule has 0 bridgehead atoms. The fourth-order valence-electron chi connectivity index (χ4n) is 3.89. The monoisotopic (exact) mass is 517 g/mol. The van der Waals surface area contributed by atoms with Gasteiger partial charge < -0.3 is 34.1 Å². The maximum Gasteiger partial charge on any atom is 0.303 e. The van der Waals surface area contributed by atoms with E-state index in [1.165, 1.54) is 27.7 Å². The molecule has 1 aliphatic heterocycles. The van der Waals surface area contributed by atoms with Crippen LogP contribution < -0.4 is 5.32 Å². The molecule has 1 saturated heterocycles. The van der Waals surface area contributed by atoms with Gasteiger partial charge in [-0.15, -0.1) is 0 Å². The number of esters is 3. The van der Waals surface area contributed by atoms with E-state index >= 15 is 0 Å². The highest BCUT2D eigenvalue weighted by molar-refractivity contribution is 5.73. The first-order chi connectivity index (χ1) is 17.0. The van der Waals surface area contributed by atoms with Crippen LogP contribution in [0, 0.1) is 0 Å². The van der Waals surface area contributed by atoms with Gasteiger partial charge in [-0.2, -0.15) is 0 Å². The second kappa shape index (κ2) is 16.9. The predicted molar refractivity (Wildman–Crippen MR) is 125 cm³/mol. The molecule has 12 nitrogen and oxygen atoms in total. The van der Waals surface area contributed by atoms with Crippen molar-refractivity contribution in [2.75, 3.05) is 13.2 Å². The van der Waals surface area contributed by atoms with Gasteiger partial charge in [0.15, 0.2) is 18.5 Å². The quantitative estimate of drug-likeness (QED) is 0.174. The molecule has 0 aromatic heterocycles. The fraction of sp³-hybridized carbons (Fsp3) is 0.792. The van der Waals surface area contributed by atoms with Crippen LogP contribution in [0.2, 0.25) is 0 Å². The first-order valence-electron chi connectivity index (χ1n) is 12.2. The van der Waals surface area contributed by atoms with Gasteiger partial charge in [-0.3, -0.25) is 24.0 Å². The number of hydrogen-bond donors (Lipinski definition) is 2. The molecule has 0 radical (unpaired) electrons. The third kappa shape index (κ3) is 12.8. The van der Waals surface area contributed by atoms with Crippen molar-refractivity contribution in [3.8, 4) is 0 Å². The summed E-state index contributed by atoms with van der Waals surface area (Å²) >= 11 is 0. The lowest BCUT2D eigenvalue weighted by atomic mass is 9.96. The molecular weight excluding hydrogens is 478 g/mol. The Morgan fingerprint density at radius 1 is 0.778 bits per heavy atom. The van der Waals surface area contributed by atoms with Gasteiger partial charge >= 0.3 is 23.9 Å². The van der Waals surface area contributed by atoms with Gasteiger partial charge in [-0.1, -0.05) is 32.1 Å². The summed E-state index contributed by atoms with van der Waals surface area (Å²) in [6.45, 7) is 4.86. The van der Waals surface area contributed by atoms with E-state index in [4.69, 9.17) is 28.8 Å². The number of amides is 1. The van der Waals surface area contributed by atoms with E-state index in [2.05, 4.69) is 5.32 Å². The van der Waals surface area contributed by atoms with Gasteiger partial charge in [0.1, 0.15) is 18.8 Å². The highest BCUT2D eigenvalue weighted by Crippen LogP contribution is 2.28. The molecule has 0 unspecified atom stereocenters. The van der Waals surface area contributed by atoms with E-state index in [0.29, 0.717) is 12.8 Å². The number of nitrogens with one attached hydrogen (secondary N) is 1. The Hall–Kier alpha value is -2.73. The van der Waals surface area contributed by atoms with Gasteiger partial charge in [0, 0.05) is 40.7 Å². The number of carbonyl (C=O) groups is 5. The van der Waals surface area contributed by atoms with Crippen molar-refractivity contribution < 1.29 is 52.8 Å². The van der Waals surface area contributed by atoms with Crippen LogP contribution in [0.4, 0.5) is 0 Å². The van der Waals surface area contributed by atoms with Crippen LogP contribution in [-0.4, -0.2) is 78.7 Å². The lowest BCUT2D eigenvalue weighted by Gasteiger charge is -2.44. The second-order valence-electron chi connectivity index (χ2n) is 8.71. The summed E-state index contributed by atoms with van der Waals surface area (Å²) < 4.78 is 27.7. The zero-order valence-corrected chi connectivity index (χ0v) is 21.5. The highest BCUT2D eigenvalue weighted by Gasteiger charge is 2.51. The van der Waals surface area contributed by atoms with E-state index in [9.17, 15) is 24.0 Å². The zero-order valence-electron chi connectivity index (χ0n) is 21.5. The molecule has 2 N–H and O–H groups in total. The molecule has 0 aliphatic carbocycles. The number of aliphatic carboxylic acids is 1.